The van der Waals surface area contributed by atoms with Gasteiger partial charge in [0.05, 0.1) is 21.7 Å². The fraction of sp³-hybridized carbons (Fsp3) is 0.150. The van der Waals surface area contributed by atoms with Crippen LogP contribution in [0.2, 0.25) is 0 Å². The third kappa shape index (κ3) is 3.46. The number of rotatable bonds is 5. The number of carbonyl (C=O) groups excluding carboxylic acids is 1. The molecule has 140 valence electrons. The molecule has 3 aromatic rings. The molecule has 1 aromatic heterocycles. The van der Waals surface area contributed by atoms with E-state index in [0.29, 0.717) is 10.9 Å². The number of benzene rings is 2. The van der Waals surface area contributed by atoms with Crippen LogP contribution in [0.5, 0.6) is 0 Å². The van der Waals surface area contributed by atoms with E-state index in [4.69, 9.17) is 5.73 Å². The van der Waals surface area contributed by atoms with Gasteiger partial charge in [-0.15, -0.1) is 0 Å². The number of aromatic nitrogens is 1. The number of hydrogen-bond acceptors (Lipinski definition) is 5. The zero-order valence-electron chi connectivity index (χ0n) is 15.4. The molecule has 1 heterocycles. The predicted octanol–water partition coefficient (Wildman–Crippen LogP) is 2.73. The summed E-state index contributed by atoms with van der Waals surface area (Å²) in [4.78, 5) is 14.6. The molecule has 0 fully saturated rings. The molecule has 0 saturated carbocycles. The second-order valence-electron chi connectivity index (χ2n) is 6.55. The monoisotopic (exact) mass is 383 g/mol. The predicted molar refractivity (Wildman–Crippen MR) is 106 cm³/mol. The Bertz CT molecular complexity index is 1140. The first-order valence-corrected chi connectivity index (χ1v) is 9.76. The van der Waals surface area contributed by atoms with Gasteiger partial charge in [0.2, 0.25) is 5.78 Å². The Hall–Kier alpha value is -3.06. The molecule has 6 nitrogen and oxygen atoms in total. The Balaban J connectivity index is 2.21. The van der Waals surface area contributed by atoms with Crippen LogP contribution in [0.1, 0.15) is 15.9 Å². The number of nitrogens with zero attached hydrogens (tertiary/aromatic N) is 2. The summed E-state index contributed by atoms with van der Waals surface area (Å²) in [5, 5.41) is 0.535. The number of nitrogens with two attached hydrogens (primary N) is 1. The molecule has 0 saturated heterocycles. The second-order valence-corrected chi connectivity index (χ2v) is 8.37. The number of fused-ring (bicyclic) bond motifs is 1. The molecule has 3 rings (SSSR count). The molecule has 0 amide bonds. The molecule has 2 N–H and O–H groups in total. The summed E-state index contributed by atoms with van der Waals surface area (Å²) < 4.78 is 27.4. The number of hydrogen-bond donors (Lipinski definition) is 1. The number of carbonyl (C=O) groups is 1. The van der Waals surface area contributed by atoms with E-state index in [2.05, 4.69) is 0 Å². The minimum atomic E-state index is -3.85. The quantitative estimate of drug-likeness (QED) is 0.541. The summed E-state index contributed by atoms with van der Waals surface area (Å²) >= 11 is 0. The first kappa shape index (κ1) is 18.7. The average molecular weight is 383 g/mol. The Kier molecular flexibility index (Phi) is 4.80. The lowest BCUT2D eigenvalue weighted by Crippen LogP contribution is -2.16. The van der Waals surface area contributed by atoms with Crippen molar-refractivity contribution in [3.63, 3.8) is 0 Å². The molecule has 27 heavy (non-hydrogen) atoms. The normalized spacial score (nSPS) is 12.3. The second kappa shape index (κ2) is 6.92. The highest BCUT2D eigenvalue weighted by molar-refractivity contribution is 7.90. The van der Waals surface area contributed by atoms with Gasteiger partial charge in [-0.3, -0.25) is 4.79 Å². The highest BCUT2D eigenvalue weighted by atomic mass is 32.2. The van der Waals surface area contributed by atoms with Gasteiger partial charge in [0.1, 0.15) is 0 Å². The van der Waals surface area contributed by atoms with E-state index in [1.807, 2.05) is 6.92 Å². The van der Waals surface area contributed by atoms with E-state index >= 15 is 0 Å². The van der Waals surface area contributed by atoms with Crippen LogP contribution in [-0.2, 0) is 10.0 Å². The van der Waals surface area contributed by atoms with Gasteiger partial charge in [-0.1, -0.05) is 35.9 Å². The molecule has 0 aliphatic heterocycles. The van der Waals surface area contributed by atoms with Gasteiger partial charge in [-0.2, -0.15) is 0 Å². The van der Waals surface area contributed by atoms with Gasteiger partial charge < -0.3 is 10.6 Å². The molecule has 0 aliphatic rings. The summed E-state index contributed by atoms with van der Waals surface area (Å²) in [5.41, 5.74) is 7.57. The van der Waals surface area contributed by atoms with Gasteiger partial charge >= 0.3 is 0 Å². The lowest BCUT2D eigenvalue weighted by atomic mass is 10.1. The fourth-order valence-corrected chi connectivity index (χ4v) is 4.22. The highest BCUT2D eigenvalue weighted by Gasteiger charge is 2.24. The van der Waals surface area contributed by atoms with E-state index in [-0.39, 0.29) is 16.2 Å². The van der Waals surface area contributed by atoms with Crippen molar-refractivity contribution >= 4 is 26.7 Å². The third-order valence-corrected chi connectivity index (χ3v) is 5.85. The highest BCUT2D eigenvalue weighted by Crippen LogP contribution is 2.27. The van der Waals surface area contributed by atoms with Crippen molar-refractivity contribution in [1.82, 2.24) is 8.87 Å². The molecule has 0 unspecified atom stereocenters. The van der Waals surface area contributed by atoms with Crippen LogP contribution in [0.25, 0.3) is 10.9 Å². The zero-order chi connectivity index (χ0) is 19.8. The zero-order valence-corrected chi connectivity index (χ0v) is 16.2. The van der Waals surface area contributed by atoms with Crippen molar-refractivity contribution in [2.24, 2.45) is 5.73 Å². The minimum Gasteiger partial charge on any atom is -0.394 e. The van der Waals surface area contributed by atoms with E-state index < -0.39 is 15.8 Å². The lowest BCUT2D eigenvalue weighted by Gasteiger charge is -2.08. The van der Waals surface area contributed by atoms with Gasteiger partial charge in [0.25, 0.3) is 10.0 Å². The van der Waals surface area contributed by atoms with Crippen molar-refractivity contribution in [3.05, 3.63) is 77.8 Å². The van der Waals surface area contributed by atoms with Crippen LogP contribution in [0.4, 0.5) is 0 Å². The van der Waals surface area contributed by atoms with Crippen LogP contribution in [0, 0.1) is 6.92 Å². The standard InChI is InChI=1S/C20H21N3O3S/c1-14-8-10-15(11-9-14)27(25,26)23-12-17(16-6-4-5-7-19(16)23)20(24)18(21)13-22(2)3/h4-13H,21H2,1-3H3. The average Bonchev–Trinajstić information content (AvgIpc) is 3.01. The van der Waals surface area contributed by atoms with Gasteiger partial charge in [-0.25, -0.2) is 12.4 Å². The van der Waals surface area contributed by atoms with E-state index in [9.17, 15) is 13.2 Å². The lowest BCUT2D eigenvalue weighted by molar-refractivity contribution is 0.103. The molecule has 7 heteroatoms. The van der Waals surface area contributed by atoms with Crippen LogP contribution in [0.15, 0.2) is 71.5 Å². The van der Waals surface area contributed by atoms with Crippen LogP contribution >= 0.6 is 0 Å². The number of para-hydroxylation sites is 1. The molecule has 0 spiro atoms. The molecule has 0 bridgehead atoms. The van der Waals surface area contributed by atoms with E-state index in [1.165, 1.54) is 12.4 Å². The largest absolute Gasteiger partial charge is 0.394 e. The minimum absolute atomic E-state index is 0.0376. The van der Waals surface area contributed by atoms with Crippen molar-refractivity contribution in [2.45, 2.75) is 11.8 Å². The van der Waals surface area contributed by atoms with E-state index in [1.54, 1.807) is 67.5 Å². The first-order chi connectivity index (χ1) is 12.7. The Morgan fingerprint density at radius 3 is 2.33 bits per heavy atom. The molecule has 0 aliphatic carbocycles. The number of ketones is 1. The molecular weight excluding hydrogens is 362 g/mol. The summed E-state index contributed by atoms with van der Waals surface area (Å²) in [6, 6.07) is 13.5. The number of Topliss-reactive ketones (excluding diaryl/α,β-unsaturated/α-hetero) is 1. The molecule has 0 radical (unpaired) electrons. The maximum atomic E-state index is 13.1. The Labute approximate surface area is 158 Å². The molecule has 0 atom stereocenters. The maximum Gasteiger partial charge on any atom is 0.268 e. The maximum absolute atomic E-state index is 13.1. The SMILES string of the molecule is Cc1ccc(S(=O)(=O)n2cc(C(=O)C(N)=CN(C)C)c3ccccc32)cc1. The summed E-state index contributed by atoms with van der Waals surface area (Å²) in [5.74, 6) is -0.419. The van der Waals surface area contributed by atoms with Crippen molar-refractivity contribution < 1.29 is 13.2 Å². The van der Waals surface area contributed by atoms with Gasteiger partial charge in [-0.05, 0) is 25.1 Å². The summed E-state index contributed by atoms with van der Waals surface area (Å²) in [7, 11) is -0.340. The smallest absolute Gasteiger partial charge is 0.268 e. The van der Waals surface area contributed by atoms with Gasteiger partial charge in [0, 0.05) is 31.9 Å². The molecule has 2 aromatic carbocycles. The molecular formula is C20H21N3O3S. The van der Waals surface area contributed by atoms with Crippen LogP contribution < -0.4 is 5.73 Å². The Morgan fingerprint density at radius 1 is 1.07 bits per heavy atom. The van der Waals surface area contributed by atoms with Crippen molar-refractivity contribution in [1.29, 1.82) is 0 Å². The fourth-order valence-electron chi connectivity index (χ4n) is 2.85. The summed E-state index contributed by atoms with van der Waals surface area (Å²) in [6.07, 6.45) is 2.85. The summed E-state index contributed by atoms with van der Waals surface area (Å²) in [6.45, 7) is 1.89. The number of aryl methyl sites for hydroxylation is 1. The van der Waals surface area contributed by atoms with Crippen molar-refractivity contribution in [3.8, 4) is 0 Å². The van der Waals surface area contributed by atoms with Crippen molar-refractivity contribution in [2.75, 3.05) is 14.1 Å². The topological polar surface area (TPSA) is 85.4 Å². The number of allylic oxidation sites excluding steroid dienone is 1. The van der Waals surface area contributed by atoms with Crippen LogP contribution in [0.3, 0.4) is 0 Å². The van der Waals surface area contributed by atoms with Gasteiger partial charge in [0.15, 0.2) is 0 Å². The van der Waals surface area contributed by atoms with Crippen LogP contribution in [-0.4, -0.2) is 37.2 Å². The Morgan fingerprint density at radius 2 is 1.70 bits per heavy atom. The third-order valence-electron chi connectivity index (χ3n) is 4.16. The van der Waals surface area contributed by atoms with E-state index in [0.717, 1.165) is 9.54 Å². The first-order valence-electron chi connectivity index (χ1n) is 8.32.